The smallest absolute Gasteiger partial charge is 0.257 e. The minimum Gasteiger partial charge on any atom is -0.472 e. The zero-order valence-electron chi connectivity index (χ0n) is 12.6. The molecule has 2 amide bonds. The van der Waals surface area contributed by atoms with Gasteiger partial charge in [0.2, 0.25) is 5.91 Å². The second-order valence-electron chi connectivity index (χ2n) is 5.60. The van der Waals surface area contributed by atoms with Crippen LogP contribution >= 0.6 is 0 Å². The van der Waals surface area contributed by atoms with Gasteiger partial charge in [-0.2, -0.15) is 0 Å². The normalized spacial score (nSPS) is 18.5. The van der Waals surface area contributed by atoms with Crippen LogP contribution in [-0.2, 0) is 4.79 Å². The first-order valence-electron chi connectivity index (χ1n) is 7.81. The molecule has 2 heterocycles. The summed E-state index contributed by atoms with van der Waals surface area (Å²) in [7, 11) is 0. The van der Waals surface area contributed by atoms with Crippen LogP contribution < -0.4 is 5.32 Å². The molecular formula is C16H24N2O3. The van der Waals surface area contributed by atoms with Crippen molar-refractivity contribution in [2.24, 2.45) is 5.92 Å². The Morgan fingerprint density at radius 3 is 3.00 bits per heavy atom. The maximum atomic E-state index is 12.3. The Balaban J connectivity index is 1.83. The van der Waals surface area contributed by atoms with Gasteiger partial charge >= 0.3 is 0 Å². The highest BCUT2D eigenvalue weighted by molar-refractivity contribution is 5.94. The molecule has 0 unspecified atom stereocenters. The average molecular weight is 292 g/mol. The van der Waals surface area contributed by atoms with Crippen LogP contribution in [-0.4, -0.2) is 36.3 Å². The van der Waals surface area contributed by atoms with Crippen LogP contribution in [0.2, 0.25) is 0 Å². The van der Waals surface area contributed by atoms with E-state index < -0.39 is 0 Å². The van der Waals surface area contributed by atoms with Gasteiger partial charge in [-0.05, 0) is 25.3 Å². The first kappa shape index (κ1) is 15.6. The third kappa shape index (κ3) is 4.34. The molecule has 0 spiro atoms. The fraction of sp³-hybridized carbons (Fsp3) is 0.625. The number of rotatable bonds is 6. The maximum absolute atomic E-state index is 12.3. The van der Waals surface area contributed by atoms with Crippen molar-refractivity contribution >= 4 is 11.8 Å². The summed E-state index contributed by atoms with van der Waals surface area (Å²) < 4.78 is 4.95. The number of piperidine rings is 1. The van der Waals surface area contributed by atoms with Crippen LogP contribution in [0.15, 0.2) is 23.0 Å². The topological polar surface area (TPSA) is 62.6 Å². The van der Waals surface area contributed by atoms with E-state index in [4.69, 9.17) is 4.42 Å². The number of amides is 2. The van der Waals surface area contributed by atoms with Crippen LogP contribution in [0.4, 0.5) is 0 Å². The molecule has 0 aliphatic carbocycles. The quantitative estimate of drug-likeness (QED) is 0.819. The highest BCUT2D eigenvalue weighted by atomic mass is 16.3. The third-order valence-corrected chi connectivity index (χ3v) is 3.93. The maximum Gasteiger partial charge on any atom is 0.257 e. The van der Waals surface area contributed by atoms with E-state index in [1.54, 1.807) is 11.0 Å². The second kappa shape index (κ2) is 7.86. The molecule has 1 atom stereocenters. The van der Waals surface area contributed by atoms with Gasteiger partial charge in [-0.1, -0.05) is 19.8 Å². The molecule has 1 aromatic rings. The molecule has 0 saturated carbocycles. The molecule has 1 saturated heterocycles. The number of hydrogen-bond acceptors (Lipinski definition) is 3. The van der Waals surface area contributed by atoms with Crippen molar-refractivity contribution in [1.29, 1.82) is 0 Å². The zero-order chi connectivity index (χ0) is 15.1. The van der Waals surface area contributed by atoms with E-state index in [0.717, 1.165) is 38.6 Å². The lowest BCUT2D eigenvalue weighted by Crippen LogP contribution is -2.45. The summed E-state index contributed by atoms with van der Waals surface area (Å²) in [5, 5.41) is 2.99. The first-order valence-corrected chi connectivity index (χ1v) is 7.81. The number of nitrogens with zero attached hydrogens (tertiary/aromatic N) is 1. The lowest BCUT2D eigenvalue weighted by Gasteiger charge is -2.31. The summed E-state index contributed by atoms with van der Waals surface area (Å²) >= 11 is 0. The van der Waals surface area contributed by atoms with Crippen molar-refractivity contribution in [3.63, 3.8) is 0 Å². The second-order valence-corrected chi connectivity index (χ2v) is 5.60. The molecule has 0 bridgehead atoms. The van der Waals surface area contributed by atoms with Gasteiger partial charge in [0.1, 0.15) is 6.26 Å². The molecule has 5 nitrogen and oxygen atoms in total. The molecule has 5 heteroatoms. The van der Waals surface area contributed by atoms with E-state index in [1.165, 1.54) is 12.5 Å². The van der Waals surface area contributed by atoms with Crippen LogP contribution in [0.5, 0.6) is 0 Å². The largest absolute Gasteiger partial charge is 0.472 e. The number of furan rings is 1. The Morgan fingerprint density at radius 2 is 2.29 bits per heavy atom. The predicted molar refractivity (Wildman–Crippen MR) is 79.9 cm³/mol. The number of carbonyl (C=O) groups is 2. The lowest BCUT2D eigenvalue weighted by atomic mass is 9.96. The van der Waals surface area contributed by atoms with Gasteiger partial charge in [0.25, 0.3) is 5.91 Å². The number of nitrogens with one attached hydrogen (secondary N) is 1. The van der Waals surface area contributed by atoms with Gasteiger partial charge in [0.15, 0.2) is 0 Å². The molecule has 1 fully saturated rings. The highest BCUT2D eigenvalue weighted by Gasteiger charge is 2.28. The van der Waals surface area contributed by atoms with Crippen LogP contribution in [0.25, 0.3) is 0 Å². The summed E-state index contributed by atoms with van der Waals surface area (Å²) in [6.07, 6.45) is 7.98. The fourth-order valence-corrected chi connectivity index (χ4v) is 2.68. The predicted octanol–water partition coefficient (Wildman–Crippen LogP) is 2.44. The summed E-state index contributed by atoms with van der Waals surface area (Å²) in [5.74, 6) is -0.0562. The zero-order valence-corrected chi connectivity index (χ0v) is 12.6. The highest BCUT2D eigenvalue weighted by Crippen LogP contribution is 2.19. The van der Waals surface area contributed by atoms with E-state index in [2.05, 4.69) is 12.2 Å². The minimum atomic E-state index is -0.0868. The van der Waals surface area contributed by atoms with E-state index in [0.29, 0.717) is 18.7 Å². The van der Waals surface area contributed by atoms with Crippen LogP contribution in [0, 0.1) is 5.92 Å². The molecule has 116 valence electrons. The number of hydrogen-bond donors (Lipinski definition) is 1. The molecule has 1 aliphatic rings. The Hall–Kier alpha value is -1.78. The minimum absolute atomic E-state index is 0.0489. The van der Waals surface area contributed by atoms with E-state index in [9.17, 15) is 9.59 Å². The number of unbranched alkanes of at least 4 members (excludes halogenated alkanes) is 2. The SMILES string of the molecule is CCCCCNC(=O)[C@@H]1CCCN(C(=O)c2ccoc2)C1. The molecule has 21 heavy (non-hydrogen) atoms. The van der Waals surface area contributed by atoms with Gasteiger partial charge in [0, 0.05) is 19.6 Å². The Kier molecular flexibility index (Phi) is 5.84. The van der Waals surface area contributed by atoms with Crippen molar-refractivity contribution in [2.45, 2.75) is 39.0 Å². The molecule has 1 aliphatic heterocycles. The van der Waals surface area contributed by atoms with Crippen molar-refractivity contribution in [3.05, 3.63) is 24.2 Å². The molecule has 0 aromatic carbocycles. The third-order valence-electron chi connectivity index (χ3n) is 3.93. The Bertz CT molecular complexity index is 456. The first-order chi connectivity index (χ1) is 10.2. The number of carbonyl (C=O) groups excluding carboxylic acids is 2. The standard InChI is InChI=1S/C16H24N2O3/c1-2-3-4-8-17-15(19)13-6-5-9-18(11-13)16(20)14-7-10-21-12-14/h7,10,12-13H,2-6,8-9,11H2,1H3,(H,17,19)/t13-/m1/s1. The van der Waals surface area contributed by atoms with Gasteiger partial charge in [-0.3, -0.25) is 9.59 Å². The van der Waals surface area contributed by atoms with Gasteiger partial charge in [0.05, 0.1) is 17.7 Å². The van der Waals surface area contributed by atoms with E-state index in [-0.39, 0.29) is 17.7 Å². The molecule has 1 aromatic heterocycles. The Labute approximate surface area is 125 Å². The fourth-order valence-electron chi connectivity index (χ4n) is 2.68. The van der Waals surface area contributed by atoms with Crippen molar-refractivity contribution in [3.8, 4) is 0 Å². The Morgan fingerprint density at radius 1 is 1.43 bits per heavy atom. The van der Waals surface area contributed by atoms with Crippen LogP contribution in [0.1, 0.15) is 49.4 Å². The summed E-state index contributed by atoms with van der Waals surface area (Å²) in [4.78, 5) is 26.2. The lowest BCUT2D eigenvalue weighted by molar-refractivity contribution is -0.126. The van der Waals surface area contributed by atoms with Crippen molar-refractivity contribution in [2.75, 3.05) is 19.6 Å². The molecule has 2 rings (SSSR count). The van der Waals surface area contributed by atoms with Gasteiger partial charge in [-0.15, -0.1) is 0 Å². The molecule has 0 radical (unpaired) electrons. The van der Waals surface area contributed by atoms with Crippen molar-refractivity contribution < 1.29 is 14.0 Å². The molecule has 1 N–H and O–H groups in total. The van der Waals surface area contributed by atoms with E-state index >= 15 is 0 Å². The summed E-state index contributed by atoms with van der Waals surface area (Å²) in [6.45, 7) is 4.09. The van der Waals surface area contributed by atoms with Gasteiger partial charge < -0.3 is 14.6 Å². The summed E-state index contributed by atoms with van der Waals surface area (Å²) in [6, 6.07) is 1.66. The van der Waals surface area contributed by atoms with Crippen LogP contribution in [0.3, 0.4) is 0 Å². The van der Waals surface area contributed by atoms with Crippen molar-refractivity contribution in [1.82, 2.24) is 10.2 Å². The molecular weight excluding hydrogens is 268 g/mol. The van der Waals surface area contributed by atoms with E-state index in [1.807, 2.05) is 0 Å². The number of likely N-dealkylation sites (tertiary alicyclic amines) is 1. The monoisotopic (exact) mass is 292 g/mol. The average Bonchev–Trinajstić information content (AvgIpc) is 3.05. The van der Waals surface area contributed by atoms with Gasteiger partial charge in [-0.25, -0.2) is 0 Å². The summed E-state index contributed by atoms with van der Waals surface area (Å²) in [5.41, 5.74) is 0.555.